The minimum absolute atomic E-state index is 0.257. The molecule has 0 unspecified atom stereocenters. The molecule has 1 aromatic rings. The van der Waals surface area contributed by atoms with Gasteiger partial charge in [0.05, 0.1) is 13.7 Å². The lowest BCUT2D eigenvalue weighted by Crippen LogP contribution is -2.59. The van der Waals surface area contributed by atoms with Crippen LogP contribution in [0.5, 0.6) is 11.5 Å². The maximum Gasteiger partial charge on any atom is 0.161 e. The molecule has 0 aliphatic carbocycles. The van der Waals surface area contributed by atoms with Gasteiger partial charge in [0.15, 0.2) is 11.5 Å². The highest BCUT2D eigenvalue weighted by atomic mass is 16.5. The number of methoxy groups -OCH3 is 1. The van der Waals surface area contributed by atoms with Crippen molar-refractivity contribution in [1.82, 2.24) is 10.2 Å². The Balaban J connectivity index is 1.61. The van der Waals surface area contributed by atoms with Crippen LogP contribution in [0, 0.1) is 0 Å². The van der Waals surface area contributed by atoms with Gasteiger partial charge in [-0.25, -0.2) is 0 Å². The molecule has 0 amide bonds. The van der Waals surface area contributed by atoms with Crippen molar-refractivity contribution in [2.24, 2.45) is 0 Å². The molecule has 5 nitrogen and oxygen atoms in total. The Hall–Kier alpha value is -1.30. The summed E-state index contributed by atoms with van der Waals surface area (Å²) >= 11 is 0. The molecular weight excluding hydrogens is 340 g/mol. The molecule has 0 bridgehead atoms. The number of hydrogen-bond acceptors (Lipinski definition) is 5. The zero-order chi connectivity index (χ0) is 19.0. The van der Waals surface area contributed by atoms with Crippen molar-refractivity contribution in [2.45, 2.75) is 57.5 Å². The minimum Gasteiger partial charge on any atom is -0.493 e. The van der Waals surface area contributed by atoms with Gasteiger partial charge in [0.2, 0.25) is 0 Å². The van der Waals surface area contributed by atoms with E-state index >= 15 is 0 Å². The zero-order valence-electron chi connectivity index (χ0n) is 17.1. The second-order valence-electron chi connectivity index (χ2n) is 7.82. The largest absolute Gasteiger partial charge is 0.493 e. The maximum atomic E-state index is 5.85. The van der Waals surface area contributed by atoms with Gasteiger partial charge < -0.3 is 19.5 Å². The molecule has 0 radical (unpaired) electrons. The van der Waals surface area contributed by atoms with Gasteiger partial charge in [0, 0.05) is 31.8 Å². The maximum absolute atomic E-state index is 5.85. The molecule has 0 saturated carbocycles. The van der Waals surface area contributed by atoms with Crippen LogP contribution in [0.15, 0.2) is 18.2 Å². The van der Waals surface area contributed by atoms with Crippen molar-refractivity contribution in [1.29, 1.82) is 0 Å². The molecule has 27 heavy (non-hydrogen) atoms. The van der Waals surface area contributed by atoms with Crippen LogP contribution in [0.2, 0.25) is 0 Å². The van der Waals surface area contributed by atoms with Crippen LogP contribution in [0.4, 0.5) is 0 Å². The van der Waals surface area contributed by atoms with E-state index in [-0.39, 0.29) is 5.54 Å². The van der Waals surface area contributed by atoms with E-state index in [0.717, 1.165) is 57.1 Å². The summed E-state index contributed by atoms with van der Waals surface area (Å²) in [4.78, 5) is 2.73. The normalized spacial score (nSPS) is 20.4. The fraction of sp³-hybridized carbons (Fsp3) is 0.727. The second kappa shape index (κ2) is 10.3. The lowest BCUT2D eigenvalue weighted by Gasteiger charge is -2.48. The van der Waals surface area contributed by atoms with Gasteiger partial charge in [-0.2, -0.15) is 0 Å². The summed E-state index contributed by atoms with van der Waals surface area (Å²) in [7, 11) is 1.69. The van der Waals surface area contributed by atoms with Gasteiger partial charge in [-0.3, -0.25) is 4.90 Å². The van der Waals surface area contributed by atoms with E-state index in [1.165, 1.54) is 37.9 Å². The van der Waals surface area contributed by atoms with Crippen LogP contribution in [0.25, 0.3) is 0 Å². The Morgan fingerprint density at radius 1 is 1.11 bits per heavy atom. The second-order valence-corrected chi connectivity index (χ2v) is 7.82. The molecule has 0 spiro atoms. The van der Waals surface area contributed by atoms with E-state index in [0.29, 0.717) is 6.61 Å². The lowest BCUT2D eigenvalue weighted by atomic mass is 9.86. The standard InChI is InChI=1S/C22H36N2O3/c1-3-13-27-21-16-19(7-8-20(21)25-2)17-23-18-22(9-14-26-15-10-22)24-11-5-4-6-12-24/h7-8,16,23H,3-6,9-15,17-18H2,1-2H3. The smallest absolute Gasteiger partial charge is 0.161 e. The van der Waals surface area contributed by atoms with Crippen LogP contribution in [0.3, 0.4) is 0 Å². The zero-order valence-corrected chi connectivity index (χ0v) is 17.1. The van der Waals surface area contributed by atoms with Gasteiger partial charge in [-0.1, -0.05) is 19.4 Å². The lowest BCUT2D eigenvalue weighted by molar-refractivity contribution is -0.0358. The molecule has 2 fully saturated rings. The van der Waals surface area contributed by atoms with Crippen LogP contribution >= 0.6 is 0 Å². The third kappa shape index (κ3) is 5.37. The molecule has 2 heterocycles. The molecule has 0 atom stereocenters. The summed E-state index contributed by atoms with van der Waals surface area (Å²) in [6.45, 7) is 8.94. The summed E-state index contributed by atoms with van der Waals surface area (Å²) in [6.07, 6.45) is 7.30. The van der Waals surface area contributed by atoms with Crippen LogP contribution in [-0.2, 0) is 11.3 Å². The first-order valence-corrected chi connectivity index (χ1v) is 10.6. The Morgan fingerprint density at radius 2 is 1.89 bits per heavy atom. The Labute approximate surface area is 164 Å². The summed E-state index contributed by atoms with van der Waals surface area (Å²) in [5, 5.41) is 3.74. The highest BCUT2D eigenvalue weighted by Crippen LogP contribution is 2.31. The fourth-order valence-electron chi connectivity index (χ4n) is 4.32. The number of nitrogens with one attached hydrogen (secondary N) is 1. The Kier molecular flexibility index (Phi) is 7.80. The van der Waals surface area contributed by atoms with Crippen LogP contribution < -0.4 is 14.8 Å². The van der Waals surface area contributed by atoms with Gasteiger partial charge >= 0.3 is 0 Å². The average Bonchev–Trinajstić information content (AvgIpc) is 2.73. The molecule has 2 aliphatic rings. The highest BCUT2D eigenvalue weighted by molar-refractivity contribution is 5.43. The fourth-order valence-corrected chi connectivity index (χ4v) is 4.32. The molecule has 5 heteroatoms. The number of ether oxygens (including phenoxy) is 3. The first kappa shape index (κ1) is 20.4. The number of hydrogen-bond donors (Lipinski definition) is 1. The van der Waals surface area contributed by atoms with E-state index in [4.69, 9.17) is 14.2 Å². The van der Waals surface area contributed by atoms with E-state index < -0.39 is 0 Å². The Bertz CT molecular complexity index is 567. The van der Waals surface area contributed by atoms with Crippen LogP contribution in [-0.4, -0.2) is 57.0 Å². The summed E-state index contributed by atoms with van der Waals surface area (Å²) in [5.41, 5.74) is 1.50. The van der Waals surface area contributed by atoms with E-state index in [2.05, 4.69) is 29.3 Å². The third-order valence-electron chi connectivity index (χ3n) is 5.92. The van der Waals surface area contributed by atoms with Crippen molar-refractivity contribution in [3.63, 3.8) is 0 Å². The van der Waals surface area contributed by atoms with E-state index in [1.54, 1.807) is 7.11 Å². The summed E-state index contributed by atoms with van der Waals surface area (Å²) in [6, 6.07) is 6.25. The van der Waals surface area contributed by atoms with Crippen molar-refractivity contribution >= 4 is 0 Å². The minimum atomic E-state index is 0.257. The van der Waals surface area contributed by atoms with Crippen molar-refractivity contribution < 1.29 is 14.2 Å². The van der Waals surface area contributed by atoms with E-state index in [1.807, 2.05) is 6.07 Å². The summed E-state index contributed by atoms with van der Waals surface area (Å²) in [5.74, 6) is 1.65. The van der Waals surface area contributed by atoms with Crippen LogP contribution in [0.1, 0.15) is 51.0 Å². The number of likely N-dealkylation sites (tertiary alicyclic amines) is 1. The number of piperidine rings is 1. The Morgan fingerprint density at radius 3 is 2.59 bits per heavy atom. The number of nitrogens with zero attached hydrogens (tertiary/aromatic N) is 1. The van der Waals surface area contributed by atoms with Crippen molar-refractivity contribution in [3.05, 3.63) is 23.8 Å². The highest BCUT2D eigenvalue weighted by Gasteiger charge is 2.38. The van der Waals surface area contributed by atoms with Gasteiger partial charge in [0.25, 0.3) is 0 Å². The third-order valence-corrected chi connectivity index (χ3v) is 5.92. The van der Waals surface area contributed by atoms with E-state index in [9.17, 15) is 0 Å². The van der Waals surface area contributed by atoms with Crippen molar-refractivity contribution in [3.8, 4) is 11.5 Å². The molecule has 2 saturated heterocycles. The molecule has 1 aromatic carbocycles. The molecule has 3 rings (SSSR count). The first-order chi connectivity index (χ1) is 13.3. The predicted molar refractivity (Wildman–Crippen MR) is 109 cm³/mol. The molecule has 152 valence electrons. The van der Waals surface area contributed by atoms with Gasteiger partial charge in [-0.05, 0) is 62.9 Å². The first-order valence-electron chi connectivity index (χ1n) is 10.6. The average molecular weight is 377 g/mol. The quantitative estimate of drug-likeness (QED) is 0.713. The molecule has 1 N–H and O–H groups in total. The summed E-state index contributed by atoms with van der Waals surface area (Å²) < 4.78 is 17.0. The topological polar surface area (TPSA) is 43.0 Å². The molecule has 0 aromatic heterocycles. The number of benzene rings is 1. The predicted octanol–water partition coefficient (Wildman–Crippen LogP) is 3.61. The molecule has 2 aliphatic heterocycles. The monoisotopic (exact) mass is 376 g/mol. The van der Waals surface area contributed by atoms with Crippen molar-refractivity contribution in [2.75, 3.05) is 46.6 Å². The van der Waals surface area contributed by atoms with Gasteiger partial charge in [0.1, 0.15) is 0 Å². The number of rotatable bonds is 9. The molecular formula is C22H36N2O3. The SMILES string of the molecule is CCCOc1cc(CNCC2(N3CCCCC3)CCOCC2)ccc1OC. The van der Waals surface area contributed by atoms with Gasteiger partial charge in [-0.15, -0.1) is 0 Å².